The van der Waals surface area contributed by atoms with E-state index in [1.54, 1.807) is 12.4 Å². The van der Waals surface area contributed by atoms with E-state index in [1.165, 1.54) is 6.39 Å². The summed E-state index contributed by atoms with van der Waals surface area (Å²) in [6.07, 6.45) is 4.82. The summed E-state index contributed by atoms with van der Waals surface area (Å²) in [5.41, 5.74) is 5.02. The Morgan fingerprint density at radius 1 is 1.18 bits per heavy atom. The predicted octanol–water partition coefficient (Wildman–Crippen LogP) is 2.97. The molecule has 0 saturated carbocycles. The average molecular weight is 242 g/mol. The van der Waals surface area contributed by atoms with Crippen LogP contribution in [0.4, 0.5) is 0 Å². The van der Waals surface area contributed by atoms with Gasteiger partial charge in [-0.05, 0) is 12.1 Å². The predicted molar refractivity (Wildman–Crippen MR) is 70.0 cm³/mol. The van der Waals surface area contributed by atoms with Crippen molar-refractivity contribution >= 4 is 8.07 Å². The minimum Gasteiger partial charge on any atom is -0.442 e. The summed E-state index contributed by atoms with van der Waals surface area (Å²) in [6, 6.07) is 3.85. The van der Waals surface area contributed by atoms with Gasteiger partial charge in [0.15, 0.2) is 12.2 Å². The van der Waals surface area contributed by atoms with Crippen LogP contribution >= 0.6 is 0 Å². The SMILES string of the molecule is C[Si](C)(C)C#Cc1ccc(-c2cnco2)nc1. The van der Waals surface area contributed by atoms with Gasteiger partial charge in [-0.25, -0.2) is 4.98 Å². The summed E-state index contributed by atoms with van der Waals surface area (Å²) in [4.78, 5) is 8.16. The van der Waals surface area contributed by atoms with Crippen LogP contribution in [0.5, 0.6) is 0 Å². The molecule has 0 bridgehead atoms. The molecular formula is C13H14N2OSi. The zero-order valence-electron chi connectivity index (χ0n) is 10.2. The van der Waals surface area contributed by atoms with Gasteiger partial charge in [-0.15, -0.1) is 5.54 Å². The zero-order valence-corrected chi connectivity index (χ0v) is 11.2. The van der Waals surface area contributed by atoms with Gasteiger partial charge in [0.25, 0.3) is 0 Å². The Balaban J connectivity index is 2.21. The molecule has 4 heteroatoms. The molecule has 2 heterocycles. The van der Waals surface area contributed by atoms with Crippen LogP contribution < -0.4 is 0 Å². The number of nitrogens with zero attached hydrogens (tertiary/aromatic N) is 2. The second-order valence-corrected chi connectivity index (χ2v) is 9.55. The fraction of sp³-hybridized carbons (Fsp3) is 0.231. The third kappa shape index (κ3) is 3.30. The standard InChI is InChI=1S/C13H14N2OSi/c1-17(2,3)7-6-11-4-5-12(15-8-11)13-9-14-10-16-13/h4-5,8-10H,1-3H3. The van der Waals surface area contributed by atoms with Gasteiger partial charge in [-0.3, -0.25) is 4.98 Å². The van der Waals surface area contributed by atoms with Crippen molar-refractivity contribution < 1.29 is 4.42 Å². The number of aromatic nitrogens is 2. The Morgan fingerprint density at radius 3 is 2.53 bits per heavy atom. The van der Waals surface area contributed by atoms with Gasteiger partial charge in [0.1, 0.15) is 13.8 Å². The first kappa shape index (κ1) is 11.6. The van der Waals surface area contributed by atoms with Crippen LogP contribution in [0.2, 0.25) is 19.6 Å². The van der Waals surface area contributed by atoms with Crippen molar-refractivity contribution in [2.75, 3.05) is 0 Å². The van der Waals surface area contributed by atoms with Gasteiger partial charge in [0.2, 0.25) is 0 Å². The van der Waals surface area contributed by atoms with E-state index in [0.29, 0.717) is 5.76 Å². The lowest BCUT2D eigenvalue weighted by molar-refractivity contribution is 0.570. The van der Waals surface area contributed by atoms with Crippen LogP contribution in [0.15, 0.2) is 35.3 Å². The van der Waals surface area contributed by atoms with Crippen molar-refractivity contribution in [3.63, 3.8) is 0 Å². The van der Waals surface area contributed by atoms with Crippen molar-refractivity contribution in [2.24, 2.45) is 0 Å². The first-order valence-electron chi connectivity index (χ1n) is 5.43. The Labute approximate surface area is 102 Å². The van der Waals surface area contributed by atoms with E-state index >= 15 is 0 Å². The summed E-state index contributed by atoms with van der Waals surface area (Å²) < 4.78 is 5.17. The second kappa shape index (κ2) is 4.56. The Kier molecular flexibility index (Phi) is 3.11. The highest BCUT2D eigenvalue weighted by molar-refractivity contribution is 6.83. The Morgan fingerprint density at radius 2 is 2.00 bits per heavy atom. The third-order valence-corrected chi connectivity index (χ3v) is 2.91. The van der Waals surface area contributed by atoms with E-state index in [4.69, 9.17) is 4.42 Å². The van der Waals surface area contributed by atoms with Crippen LogP contribution in [0.25, 0.3) is 11.5 Å². The zero-order chi connectivity index (χ0) is 12.3. The normalized spacial score (nSPS) is 10.8. The maximum Gasteiger partial charge on any atom is 0.181 e. The molecule has 17 heavy (non-hydrogen) atoms. The molecule has 0 aliphatic heterocycles. The fourth-order valence-electron chi connectivity index (χ4n) is 1.22. The molecule has 0 amide bonds. The summed E-state index contributed by atoms with van der Waals surface area (Å²) >= 11 is 0. The molecule has 0 fully saturated rings. The van der Waals surface area contributed by atoms with Crippen LogP contribution in [0.3, 0.4) is 0 Å². The lowest BCUT2D eigenvalue weighted by Crippen LogP contribution is -2.16. The van der Waals surface area contributed by atoms with E-state index in [-0.39, 0.29) is 0 Å². The molecule has 3 nitrogen and oxygen atoms in total. The maximum atomic E-state index is 5.17. The van der Waals surface area contributed by atoms with E-state index in [1.807, 2.05) is 12.1 Å². The molecule has 0 unspecified atom stereocenters. The van der Waals surface area contributed by atoms with Crippen molar-refractivity contribution in [3.05, 3.63) is 36.5 Å². The fourth-order valence-corrected chi connectivity index (χ4v) is 1.73. The second-order valence-electron chi connectivity index (χ2n) is 4.80. The molecule has 0 aliphatic carbocycles. The number of hydrogen-bond acceptors (Lipinski definition) is 3. The molecule has 0 radical (unpaired) electrons. The van der Waals surface area contributed by atoms with Gasteiger partial charge in [0, 0.05) is 11.8 Å². The lowest BCUT2D eigenvalue weighted by Gasteiger charge is -2.03. The number of hydrogen-bond donors (Lipinski definition) is 0. The van der Waals surface area contributed by atoms with Crippen molar-refractivity contribution in [1.82, 2.24) is 9.97 Å². The minimum atomic E-state index is -1.32. The van der Waals surface area contributed by atoms with Gasteiger partial charge < -0.3 is 4.42 Å². The summed E-state index contributed by atoms with van der Waals surface area (Å²) in [5, 5.41) is 0. The summed E-state index contributed by atoms with van der Waals surface area (Å²) in [6.45, 7) is 6.66. The molecule has 0 saturated heterocycles. The average Bonchev–Trinajstić information content (AvgIpc) is 2.79. The van der Waals surface area contributed by atoms with Crippen molar-refractivity contribution in [1.29, 1.82) is 0 Å². The van der Waals surface area contributed by atoms with E-state index in [9.17, 15) is 0 Å². The van der Waals surface area contributed by atoms with Crippen LogP contribution in [-0.4, -0.2) is 18.0 Å². The van der Waals surface area contributed by atoms with Crippen molar-refractivity contribution in [3.8, 4) is 22.9 Å². The molecule has 0 N–H and O–H groups in total. The van der Waals surface area contributed by atoms with Crippen LogP contribution in [0, 0.1) is 11.5 Å². The molecule has 0 spiro atoms. The number of rotatable bonds is 1. The molecular weight excluding hydrogens is 228 g/mol. The van der Waals surface area contributed by atoms with E-state index < -0.39 is 8.07 Å². The highest BCUT2D eigenvalue weighted by Gasteiger charge is 2.07. The molecule has 2 aromatic heterocycles. The topological polar surface area (TPSA) is 38.9 Å². The van der Waals surface area contributed by atoms with Crippen LogP contribution in [0.1, 0.15) is 5.56 Å². The quantitative estimate of drug-likeness (QED) is 0.570. The van der Waals surface area contributed by atoms with Crippen LogP contribution in [-0.2, 0) is 0 Å². The number of oxazole rings is 1. The molecule has 0 aliphatic rings. The largest absolute Gasteiger partial charge is 0.442 e. The van der Waals surface area contributed by atoms with Gasteiger partial charge in [0.05, 0.1) is 6.20 Å². The van der Waals surface area contributed by atoms with E-state index in [0.717, 1.165) is 11.3 Å². The van der Waals surface area contributed by atoms with Gasteiger partial charge in [-0.2, -0.15) is 0 Å². The minimum absolute atomic E-state index is 0.676. The first-order chi connectivity index (χ1) is 8.04. The molecule has 86 valence electrons. The third-order valence-electron chi connectivity index (χ3n) is 2.03. The Hall–Kier alpha value is -1.86. The smallest absolute Gasteiger partial charge is 0.181 e. The van der Waals surface area contributed by atoms with Gasteiger partial charge >= 0.3 is 0 Å². The highest BCUT2D eigenvalue weighted by atomic mass is 28.3. The highest BCUT2D eigenvalue weighted by Crippen LogP contribution is 2.15. The first-order valence-corrected chi connectivity index (χ1v) is 8.93. The molecule has 2 aromatic rings. The summed E-state index contributed by atoms with van der Waals surface area (Å²) in [7, 11) is -1.32. The molecule has 2 rings (SSSR count). The van der Waals surface area contributed by atoms with Crippen molar-refractivity contribution in [2.45, 2.75) is 19.6 Å². The van der Waals surface area contributed by atoms with Gasteiger partial charge in [-0.1, -0.05) is 25.6 Å². The number of pyridine rings is 1. The lowest BCUT2D eigenvalue weighted by atomic mass is 10.2. The Bertz CT molecular complexity index is 542. The van der Waals surface area contributed by atoms with E-state index in [2.05, 4.69) is 41.1 Å². The molecule has 0 atom stereocenters. The monoisotopic (exact) mass is 242 g/mol. The molecule has 0 aromatic carbocycles. The summed E-state index contributed by atoms with van der Waals surface area (Å²) in [5.74, 6) is 3.84. The maximum absolute atomic E-state index is 5.17.